The van der Waals surface area contributed by atoms with Crippen molar-refractivity contribution >= 4 is 17.3 Å². The van der Waals surface area contributed by atoms with Crippen LogP contribution in [0.2, 0.25) is 5.02 Å². The van der Waals surface area contributed by atoms with Gasteiger partial charge in [0.15, 0.2) is 0 Å². The Hall–Kier alpha value is -2.65. The van der Waals surface area contributed by atoms with E-state index >= 15 is 0 Å². The van der Waals surface area contributed by atoms with E-state index in [1.54, 1.807) is 12.1 Å². The van der Waals surface area contributed by atoms with Crippen LogP contribution in [0.4, 0.5) is 14.5 Å². The van der Waals surface area contributed by atoms with Gasteiger partial charge in [-0.3, -0.25) is 0 Å². The number of nitrogens with one attached hydrogen (secondary N) is 1. The van der Waals surface area contributed by atoms with Gasteiger partial charge < -0.3 is 5.32 Å². The molecule has 0 amide bonds. The highest BCUT2D eigenvalue weighted by Gasteiger charge is 2.59. The first-order valence-electron chi connectivity index (χ1n) is 10.4. The van der Waals surface area contributed by atoms with Crippen LogP contribution in [0.25, 0.3) is 11.1 Å². The summed E-state index contributed by atoms with van der Waals surface area (Å²) in [7, 11) is 0. The van der Waals surface area contributed by atoms with Crippen molar-refractivity contribution in [3.63, 3.8) is 0 Å². The van der Waals surface area contributed by atoms with Crippen molar-refractivity contribution < 1.29 is 8.78 Å². The van der Waals surface area contributed by atoms with Gasteiger partial charge in [0.1, 0.15) is 11.6 Å². The number of hydrogen-bond acceptors (Lipinski definition) is 1. The van der Waals surface area contributed by atoms with Crippen LogP contribution >= 0.6 is 11.6 Å². The summed E-state index contributed by atoms with van der Waals surface area (Å²) in [5.41, 5.74) is 5.13. The monoisotopic (exact) mass is 437 g/mol. The fourth-order valence-electron chi connectivity index (χ4n) is 4.72. The van der Waals surface area contributed by atoms with Crippen molar-refractivity contribution in [3.05, 3.63) is 100 Å². The number of hydrogen-bond donors (Lipinski definition) is 1. The van der Waals surface area contributed by atoms with Crippen LogP contribution in [-0.4, -0.2) is 0 Å². The molecule has 1 aliphatic rings. The van der Waals surface area contributed by atoms with E-state index < -0.39 is 11.6 Å². The SMILES string of the molecule is C=C(Nc1ccc(Cl)c(-c2ccc(F)c(C)c2F)c1)C1C(c2cccc(C)c2)C1(C)C. The predicted molar refractivity (Wildman–Crippen MR) is 125 cm³/mol. The lowest BCUT2D eigenvalue weighted by Crippen LogP contribution is -2.04. The van der Waals surface area contributed by atoms with Crippen LogP contribution in [0.5, 0.6) is 0 Å². The van der Waals surface area contributed by atoms with Crippen molar-refractivity contribution in [2.24, 2.45) is 11.3 Å². The second-order valence-electron chi connectivity index (χ2n) is 9.07. The Bertz CT molecular complexity index is 1180. The quantitative estimate of drug-likeness (QED) is 0.423. The summed E-state index contributed by atoms with van der Waals surface area (Å²) < 4.78 is 28.4. The fraction of sp³-hybridized carbons (Fsp3) is 0.259. The molecule has 3 aromatic carbocycles. The molecule has 1 N–H and O–H groups in total. The summed E-state index contributed by atoms with van der Waals surface area (Å²) in [6.07, 6.45) is 0. The Labute approximate surface area is 187 Å². The zero-order valence-electron chi connectivity index (χ0n) is 18.2. The topological polar surface area (TPSA) is 12.0 Å². The van der Waals surface area contributed by atoms with E-state index in [4.69, 9.17) is 11.6 Å². The molecule has 2 atom stereocenters. The van der Waals surface area contributed by atoms with E-state index in [-0.39, 0.29) is 22.5 Å². The maximum atomic E-state index is 14.7. The lowest BCUT2D eigenvalue weighted by atomic mass is 10.0. The molecule has 3 aromatic rings. The predicted octanol–water partition coefficient (Wildman–Crippen LogP) is 8.27. The second kappa shape index (κ2) is 7.80. The first kappa shape index (κ1) is 21.6. The van der Waals surface area contributed by atoms with Crippen LogP contribution in [0.15, 0.2) is 66.9 Å². The number of anilines is 1. The Morgan fingerprint density at radius 2 is 1.74 bits per heavy atom. The summed E-state index contributed by atoms with van der Waals surface area (Å²) in [5.74, 6) is -0.506. The standard InChI is InChI=1S/C27H26ClF2N/c1-15-7-6-8-18(13-15)25-24(27(25,4)5)17(3)31-19-9-11-22(28)21(14-19)20-10-12-23(29)16(2)26(20)30/h6-14,24-25,31H,3H2,1-2,4-5H3. The zero-order chi connectivity index (χ0) is 22.5. The summed E-state index contributed by atoms with van der Waals surface area (Å²) in [5, 5.41) is 3.81. The van der Waals surface area contributed by atoms with Crippen molar-refractivity contribution in [2.75, 3.05) is 5.32 Å². The van der Waals surface area contributed by atoms with Crippen LogP contribution in [0.1, 0.15) is 36.5 Å². The fourth-order valence-corrected chi connectivity index (χ4v) is 4.94. The van der Waals surface area contributed by atoms with E-state index in [9.17, 15) is 8.78 Å². The summed E-state index contributed by atoms with van der Waals surface area (Å²) in [6, 6.07) is 16.7. The molecule has 0 saturated heterocycles. The van der Waals surface area contributed by atoms with Gasteiger partial charge in [0, 0.05) is 39.0 Å². The van der Waals surface area contributed by atoms with Gasteiger partial charge in [-0.25, -0.2) is 8.78 Å². The molecular weight excluding hydrogens is 412 g/mol. The van der Waals surface area contributed by atoms with Crippen molar-refractivity contribution in [1.29, 1.82) is 0 Å². The molecule has 0 aromatic heterocycles. The summed E-state index contributed by atoms with van der Waals surface area (Å²) in [4.78, 5) is 0. The number of aryl methyl sites for hydroxylation is 1. The highest BCUT2D eigenvalue weighted by Crippen LogP contribution is 2.67. The number of allylic oxidation sites excluding steroid dienone is 1. The summed E-state index contributed by atoms with van der Waals surface area (Å²) in [6.45, 7) is 12.3. The Balaban J connectivity index is 1.60. The average molecular weight is 438 g/mol. The van der Waals surface area contributed by atoms with Gasteiger partial charge in [0.05, 0.1) is 0 Å². The van der Waals surface area contributed by atoms with Gasteiger partial charge in [-0.2, -0.15) is 0 Å². The second-order valence-corrected chi connectivity index (χ2v) is 9.48. The first-order chi connectivity index (χ1) is 14.6. The van der Waals surface area contributed by atoms with E-state index in [1.807, 2.05) is 6.07 Å². The molecule has 0 heterocycles. The van der Waals surface area contributed by atoms with Gasteiger partial charge in [0.2, 0.25) is 0 Å². The Morgan fingerprint density at radius 1 is 1.00 bits per heavy atom. The van der Waals surface area contributed by atoms with Crippen LogP contribution in [-0.2, 0) is 0 Å². The molecule has 0 spiro atoms. The van der Waals surface area contributed by atoms with E-state index in [1.165, 1.54) is 30.2 Å². The molecule has 1 fully saturated rings. The normalized spacial score (nSPS) is 19.2. The molecule has 4 rings (SSSR count). The summed E-state index contributed by atoms with van der Waals surface area (Å²) >= 11 is 6.36. The molecular formula is C27H26ClF2N. The van der Waals surface area contributed by atoms with Crippen molar-refractivity contribution in [2.45, 2.75) is 33.6 Å². The third-order valence-electron chi connectivity index (χ3n) is 6.49. The van der Waals surface area contributed by atoms with E-state index in [0.29, 0.717) is 16.5 Å². The number of benzene rings is 3. The van der Waals surface area contributed by atoms with Crippen LogP contribution < -0.4 is 5.32 Å². The lowest BCUT2D eigenvalue weighted by molar-refractivity contribution is 0.570. The lowest BCUT2D eigenvalue weighted by Gasteiger charge is -2.14. The minimum absolute atomic E-state index is 0.0166. The molecule has 31 heavy (non-hydrogen) atoms. The van der Waals surface area contributed by atoms with Gasteiger partial charge in [-0.15, -0.1) is 0 Å². The minimum atomic E-state index is -0.597. The molecule has 1 saturated carbocycles. The highest BCUT2D eigenvalue weighted by atomic mass is 35.5. The maximum absolute atomic E-state index is 14.7. The van der Waals surface area contributed by atoms with Gasteiger partial charge in [-0.1, -0.05) is 61.9 Å². The van der Waals surface area contributed by atoms with Crippen LogP contribution in [0.3, 0.4) is 0 Å². The molecule has 160 valence electrons. The number of rotatable bonds is 5. The zero-order valence-corrected chi connectivity index (χ0v) is 18.9. The minimum Gasteiger partial charge on any atom is -0.359 e. The maximum Gasteiger partial charge on any atom is 0.136 e. The van der Waals surface area contributed by atoms with E-state index in [0.717, 1.165) is 11.4 Å². The van der Waals surface area contributed by atoms with Crippen LogP contribution in [0, 0.1) is 36.8 Å². The van der Waals surface area contributed by atoms with Gasteiger partial charge in [-0.05, 0) is 61.1 Å². The van der Waals surface area contributed by atoms with Gasteiger partial charge >= 0.3 is 0 Å². The van der Waals surface area contributed by atoms with Crippen molar-refractivity contribution in [1.82, 2.24) is 0 Å². The molecule has 2 unspecified atom stereocenters. The molecule has 0 aliphatic heterocycles. The largest absolute Gasteiger partial charge is 0.359 e. The molecule has 0 radical (unpaired) electrons. The first-order valence-corrected chi connectivity index (χ1v) is 10.8. The average Bonchev–Trinajstić information content (AvgIpc) is 3.30. The smallest absolute Gasteiger partial charge is 0.136 e. The third-order valence-corrected chi connectivity index (χ3v) is 6.82. The number of halogens is 3. The Kier molecular flexibility index (Phi) is 5.43. The molecule has 4 heteroatoms. The highest BCUT2D eigenvalue weighted by molar-refractivity contribution is 6.33. The van der Waals surface area contributed by atoms with Crippen molar-refractivity contribution in [3.8, 4) is 11.1 Å². The third kappa shape index (κ3) is 3.87. The van der Waals surface area contributed by atoms with Gasteiger partial charge in [0.25, 0.3) is 0 Å². The molecule has 0 bridgehead atoms. The molecule has 1 nitrogen and oxygen atoms in total. The van der Waals surface area contributed by atoms with E-state index in [2.05, 4.69) is 56.9 Å². The Morgan fingerprint density at radius 3 is 2.45 bits per heavy atom. The molecule has 1 aliphatic carbocycles.